The highest BCUT2D eigenvalue weighted by molar-refractivity contribution is 5.90. The van der Waals surface area contributed by atoms with Crippen molar-refractivity contribution in [1.82, 2.24) is 0 Å². The summed E-state index contributed by atoms with van der Waals surface area (Å²) in [6.07, 6.45) is 0.855. The molecule has 10 heavy (non-hydrogen) atoms. The predicted molar refractivity (Wildman–Crippen MR) is 33.1 cm³/mol. The van der Waals surface area contributed by atoms with Gasteiger partial charge < -0.3 is 9.84 Å². The molecule has 0 aromatic carbocycles. The van der Waals surface area contributed by atoms with Crippen molar-refractivity contribution in [3.63, 3.8) is 0 Å². The lowest BCUT2D eigenvalue weighted by atomic mass is 10.5. The maximum absolute atomic E-state index is 10.3. The number of carboxylic acid groups (broad SMARTS) is 1. The standard InChI is InChI=1S/C6H6O4/c1-3-5(7)10-4(2)6(8)9/h3H,1-2H2,(H,8,9). The number of carbonyl (C=O) groups is 2. The van der Waals surface area contributed by atoms with Crippen molar-refractivity contribution in [2.75, 3.05) is 0 Å². The fraction of sp³-hybridized carbons (Fsp3) is 0. The molecule has 0 rings (SSSR count). The maximum Gasteiger partial charge on any atom is 0.371 e. The van der Waals surface area contributed by atoms with Gasteiger partial charge in [-0.05, 0) is 6.58 Å². The molecule has 0 saturated carbocycles. The van der Waals surface area contributed by atoms with Crippen molar-refractivity contribution in [3.05, 3.63) is 25.0 Å². The monoisotopic (exact) mass is 142 g/mol. The highest BCUT2D eigenvalue weighted by Gasteiger charge is 2.07. The lowest BCUT2D eigenvalue weighted by molar-refractivity contribution is -0.144. The van der Waals surface area contributed by atoms with E-state index in [1.165, 1.54) is 0 Å². The largest absolute Gasteiger partial charge is 0.475 e. The molecule has 0 heterocycles. The molecule has 0 radical (unpaired) electrons. The molecule has 0 bridgehead atoms. The number of esters is 1. The number of ether oxygens (including phenoxy) is 1. The van der Waals surface area contributed by atoms with E-state index in [2.05, 4.69) is 17.9 Å². The predicted octanol–water partition coefficient (Wildman–Crippen LogP) is 0.314. The fourth-order valence-electron chi connectivity index (χ4n) is 0.207. The lowest BCUT2D eigenvalue weighted by Crippen LogP contribution is -2.07. The van der Waals surface area contributed by atoms with E-state index in [4.69, 9.17) is 5.11 Å². The van der Waals surface area contributed by atoms with E-state index in [1.807, 2.05) is 0 Å². The van der Waals surface area contributed by atoms with Crippen LogP contribution in [0.1, 0.15) is 0 Å². The smallest absolute Gasteiger partial charge is 0.371 e. The fourth-order valence-corrected chi connectivity index (χ4v) is 0.207. The number of hydrogen-bond donors (Lipinski definition) is 1. The third-order valence-electron chi connectivity index (χ3n) is 0.629. The Morgan fingerprint density at radius 2 is 2.00 bits per heavy atom. The van der Waals surface area contributed by atoms with E-state index in [9.17, 15) is 9.59 Å². The van der Waals surface area contributed by atoms with Crippen molar-refractivity contribution >= 4 is 11.9 Å². The van der Waals surface area contributed by atoms with Gasteiger partial charge in [0.2, 0.25) is 5.76 Å². The topological polar surface area (TPSA) is 63.6 Å². The molecule has 4 heteroatoms. The summed E-state index contributed by atoms with van der Waals surface area (Å²) in [5.41, 5.74) is 0. The summed E-state index contributed by atoms with van der Waals surface area (Å²) in [5.74, 6) is -2.80. The van der Waals surface area contributed by atoms with E-state index in [1.54, 1.807) is 0 Å². The van der Waals surface area contributed by atoms with Crippen LogP contribution in [0.2, 0.25) is 0 Å². The average Bonchev–Trinajstić information content (AvgIpc) is 1.87. The molecule has 0 amide bonds. The van der Waals surface area contributed by atoms with Crippen molar-refractivity contribution < 1.29 is 19.4 Å². The van der Waals surface area contributed by atoms with Crippen molar-refractivity contribution in [2.24, 2.45) is 0 Å². The van der Waals surface area contributed by atoms with Gasteiger partial charge in [0.1, 0.15) is 0 Å². The van der Waals surface area contributed by atoms with Crippen LogP contribution in [0.25, 0.3) is 0 Å². The molecule has 0 aliphatic heterocycles. The number of carbonyl (C=O) groups excluding carboxylic acids is 1. The van der Waals surface area contributed by atoms with Crippen LogP contribution < -0.4 is 0 Å². The first-order chi connectivity index (χ1) is 4.57. The quantitative estimate of drug-likeness (QED) is 0.350. The zero-order valence-electron chi connectivity index (χ0n) is 5.16. The van der Waals surface area contributed by atoms with Crippen molar-refractivity contribution in [2.45, 2.75) is 0 Å². The maximum atomic E-state index is 10.3. The summed E-state index contributed by atoms with van der Waals surface area (Å²) < 4.78 is 4.11. The van der Waals surface area contributed by atoms with Crippen LogP contribution in [-0.4, -0.2) is 17.0 Å². The molecule has 54 valence electrons. The summed E-state index contributed by atoms with van der Waals surface area (Å²) in [5, 5.41) is 8.12. The third kappa shape index (κ3) is 2.66. The van der Waals surface area contributed by atoms with Gasteiger partial charge in [-0.25, -0.2) is 9.59 Å². The van der Waals surface area contributed by atoms with E-state index < -0.39 is 17.7 Å². The van der Waals surface area contributed by atoms with Crippen LogP contribution in [-0.2, 0) is 14.3 Å². The van der Waals surface area contributed by atoms with Gasteiger partial charge >= 0.3 is 11.9 Å². The van der Waals surface area contributed by atoms with Crippen LogP contribution in [0.15, 0.2) is 25.0 Å². The van der Waals surface area contributed by atoms with Gasteiger partial charge in [-0.2, -0.15) is 0 Å². The van der Waals surface area contributed by atoms with E-state index in [0.29, 0.717) is 0 Å². The number of aliphatic carboxylic acids is 1. The Kier molecular flexibility index (Phi) is 2.90. The van der Waals surface area contributed by atoms with E-state index >= 15 is 0 Å². The highest BCUT2D eigenvalue weighted by atomic mass is 16.6. The molecule has 0 fully saturated rings. The van der Waals surface area contributed by atoms with Crippen LogP contribution in [0.4, 0.5) is 0 Å². The molecule has 0 spiro atoms. The second kappa shape index (κ2) is 3.45. The number of hydrogen-bond acceptors (Lipinski definition) is 3. The molecule has 0 atom stereocenters. The summed E-state index contributed by atoms with van der Waals surface area (Å²) in [7, 11) is 0. The van der Waals surface area contributed by atoms with Gasteiger partial charge in [0.25, 0.3) is 0 Å². The minimum Gasteiger partial charge on any atom is -0.475 e. The van der Waals surface area contributed by atoms with Gasteiger partial charge in [0, 0.05) is 6.08 Å². The van der Waals surface area contributed by atoms with Gasteiger partial charge in [0.15, 0.2) is 0 Å². The Morgan fingerprint density at radius 3 is 2.30 bits per heavy atom. The van der Waals surface area contributed by atoms with Crippen molar-refractivity contribution in [3.8, 4) is 0 Å². The first kappa shape index (κ1) is 8.42. The van der Waals surface area contributed by atoms with Crippen LogP contribution >= 0.6 is 0 Å². The van der Waals surface area contributed by atoms with E-state index in [-0.39, 0.29) is 0 Å². The van der Waals surface area contributed by atoms with Gasteiger partial charge in [-0.1, -0.05) is 6.58 Å². The molecule has 1 N–H and O–H groups in total. The van der Waals surface area contributed by atoms with Crippen LogP contribution in [0.5, 0.6) is 0 Å². The average molecular weight is 142 g/mol. The first-order valence-corrected chi connectivity index (χ1v) is 2.34. The van der Waals surface area contributed by atoms with Crippen LogP contribution in [0, 0.1) is 0 Å². The minimum absolute atomic E-state index is 0.607. The molecule has 0 aromatic rings. The summed E-state index contributed by atoms with van der Waals surface area (Å²) >= 11 is 0. The molecule has 0 aliphatic rings. The summed E-state index contributed by atoms with van der Waals surface area (Å²) in [6.45, 7) is 6.02. The zero-order valence-corrected chi connectivity index (χ0v) is 5.16. The Balaban J connectivity index is 3.92. The Hall–Kier alpha value is -1.58. The Labute approximate surface area is 57.4 Å². The molecule has 0 unspecified atom stereocenters. The first-order valence-electron chi connectivity index (χ1n) is 2.34. The van der Waals surface area contributed by atoms with Gasteiger partial charge in [0.05, 0.1) is 0 Å². The lowest BCUT2D eigenvalue weighted by Gasteiger charge is -1.96. The van der Waals surface area contributed by atoms with Gasteiger partial charge in [-0.3, -0.25) is 0 Å². The molecular formula is C6H6O4. The molecule has 4 nitrogen and oxygen atoms in total. The Morgan fingerprint density at radius 1 is 1.50 bits per heavy atom. The molecule has 0 aliphatic carbocycles. The van der Waals surface area contributed by atoms with Gasteiger partial charge in [-0.15, -0.1) is 0 Å². The third-order valence-corrected chi connectivity index (χ3v) is 0.629. The van der Waals surface area contributed by atoms with Crippen molar-refractivity contribution in [1.29, 1.82) is 0 Å². The molecule has 0 aromatic heterocycles. The second-order valence-electron chi connectivity index (χ2n) is 1.35. The highest BCUT2D eigenvalue weighted by Crippen LogP contribution is 1.93. The molecular weight excluding hydrogens is 136 g/mol. The Bertz CT molecular complexity index is 192. The van der Waals surface area contributed by atoms with E-state index in [0.717, 1.165) is 6.08 Å². The number of carboxylic acids is 1. The van der Waals surface area contributed by atoms with Crippen LogP contribution in [0.3, 0.4) is 0 Å². The SMILES string of the molecule is C=CC(=O)OC(=C)C(=O)O. The normalized spacial score (nSPS) is 8.00. The minimum atomic E-state index is -1.37. The molecule has 0 saturated heterocycles. The zero-order chi connectivity index (χ0) is 8.15. The summed E-state index contributed by atoms with van der Waals surface area (Å²) in [4.78, 5) is 20.2. The number of rotatable bonds is 3. The summed E-state index contributed by atoms with van der Waals surface area (Å²) in [6, 6.07) is 0. The second-order valence-corrected chi connectivity index (χ2v) is 1.35.